The third kappa shape index (κ3) is 3.61. The standard InChI is InChI=1S/C16H22N4O2S/c1-3-20-16(6-8-18-20)15-5-4-13(11-17-15)10-14-7-9-19(12-14)23(2,21)22/h4-6,8,11,14H,3,7,9-10,12H2,1-2H3/t14-/m1/s1. The fraction of sp³-hybridized carbons (Fsp3) is 0.500. The third-order valence-corrected chi connectivity index (χ3v) is 5.61. The van der Waals surface area contributed by atoms with E-state index in [1.165, 1.54) is 6.26 Å². The molecule has 3 heterocycles. The fourth-order valence-corrected chi connectivity index (χ4v) is 4.02. The monoisotopic (exact) mass is 334 g/mol. The number of nitrogens with zero attached hydrogens (tertiary/aromatic N) is 4. The molecule has 0 saturated carbocycles. The summed E-state index contributed by atoms with van der Waals surface area (Å²) in [6, 6.07) is 6.06. The summed E-state index contributed by atoms with van der Waals surface area (Å²) in [6.45, 7) is 4.11. The Morgan fingerprint density at radius 1 is 1.30 bits per heavy atom. The maximum atomic E-state index is 11.6. The van der Waals surface area contributed by atoms with Gasteiger partial charge in [0.05, 0.1) is 17.6 Å². The van der Waals surface area contributed by atoms with Crippen molar-refractivity contribution in [1.29, 1.82) is 0 Å². The van der Waals surface area contributed by atoms with Crippen molar-refractivity contribution in [2.45, 2.75) is 26.3 Å². The van der Waals surface area contributed by atoms with E-state index >= 15 is 0 Å². The molecule has 1 saturated heterocycles. The van der Waals surface area contributed by atoms with Crippen LogP contribution in [-0.2, 0) is 23.0 Å². The Bertz CT molecular complexity index is 768. The van der Waals surface area contributed by atoms with Gasteiger partial charge in [-0.05, 0) is 43.4 Å². The van der Waals surface area contributed by atoms with E-state index in [-0.39, 0.29) is 0 Å². The fourth-order valence-electron chi connectivity index (χ4n) is 3.10. The Morgan fingerprint density at radius 2 is 2.13 bits per heavy atom. The van der Waals surface area contributed by atoms with Gasteiger partial charge in [-0.1, -0.05) is 6.07 Å². The van der Waals surface area contributed by atoms with E-state index in [1.54, 1.807) is 10.5 Å². The minimum atomic E-state index is -3.06. The van der Waals surface area contributed by atoms with Gasteiger partial charge in [-0.2, -0.15) is 5.10 Å². The highest BCUT2D eigenvalue weighted by atomic mass is 32.2. The summed E-state index contributed by atoms with van der Waals surface area (Å²) >= 11 is 0. The summed E-state index contributed by atoms with van der Waals surface area (Å²) in [7, 11) is -3.06. The lowest BCUT2D eigenvalue weighted by Crippen LogP contribution is -2.27. The van der Waals surface area contributed by atoms with Gasteiger partial charge >= 0.3 is 0 Å². The van der Waals surface area contributed by atoms with Gasteiger partial charge in [0, 0.05) is 32.0 Å². The van der Waals surface area contributed by atoms with Crippen molar-refractivity contribution in [3.05, 3.63) is 36.2 Å². The third-order valence-electron chi connectivity index (χ3n) is 4.35. The Balaban J connectivity index is 1.67. The zero-order valence-corrected chi connectivity index (χ0v) is 14.3. The van der Waals surface area contributed by atoms with Gasteiger partial charge in [0.2, 0.25) is 10.0 Å². The maximum absolute atomic E-state index is 11.6. The van der Waals surface area contributed by atoms with E-state index in [2.05, 4.69) is 23.1 Å². The minimum absolute atomic E-state index is 0.374. The van der Waals surface area contributed by atoms with Crippen molar-refractivity contribution in [1.82, 2.24) is 19.1 Å². The predicted molar refractivity (Wildman–Crippen MR) is 89.4 cm³/mol. The van der Waals surface area contributed by atoms with Crippen LogP contribution in [0.3, 0.4) is 0 Å². The van der Waals surface area contributed by atoms with Crippen LogP contribution in [-0.4, -0.2) is 46.8 Å². The molecule has 23 heavy (non-hydrogen) atoms. The average Bonchev–Trinajstić information content (AvgIpc) is 3.16. The van der Waals surface area contributed by atoms with Crippen LogP contribution in [0.1, 0.15) is 18.9 Å². The van der Waals surface area contributed by atoms with Crippen LogP contribution in [0.4, 0.5) is 0 Å². The predicted octanol–water partition coefficient (Wildman–Crippen LogP) is 1.79. The summed E-state index contributed by atoms with van der Waals surface area (Å²) < 4.78 is 26.6. The molecular formula is C16H22N4O2S. The molecule has 124 valence electrons. The molecule has 2 aromatic heterocycles. The summed E-state index contributed by atoms with van der Waals surface area (Å²) in [5.74, 6) is 0.374. The van der Waals surface area contributed by atoms with Gasteiger partial charge in [0.1, 0.15) is 0 Å². The van der Waals surface area contributed by atoms with Gasteiger partial charge in [-0.15, -0.1) is 0 Å². The minimum Gasteiger partial charge on any atom is -0.264 e. The SMILES string of the molecule is CCn1nccc1-c1ccc(C[C@H]2CCN(S(C)(=O)=O)C2)cn1. The molecule has 0 radical (unpaired) electrons. The highest BCUT2D eigenvalue weighted by Crippen LogP contribution is 2.23. The topological polar surface area (TPSA) is 68.1 Å². The van der Waals surface area contributed by atoms with Crippen LogP contribution in [0.25, 0.3) is 11.4 Å². The molecule has 0 unspecified atom stereocenters. The molecule has 0 amide bonds. The summed E-state index contributed by atoms with van der Waals surface area (Å²) in [4.78, 5) is 4.55. The van der Waals surface area contributed by atoms with Gasteiger partial charge in [-0.25, -0.2) is 12.7 Å². The van der Waals surface area contributed by atoms with Crippen molar-refractivity contribution in [3.63, 3.8) is 0 Å². The highest BCUT2D eigenvalue weighted by Gasteiger charge is 2.28. The zero-order chi connectivity index (χ0) is 16.4. The first-order valence-electron chi connectivity index (χ1n) is 7.89. The van der Waals surface area contributed by atoms with Crippen molar-refractivity contribution in [2.75, 3.05) is 19.3 Å². The number of aromatic nitrogens is 3. The Labute approximate surface area is 137 Å². The molecule has 3 rings (SSSR count). The van der Waals surface area contributed by atoms with E-state index in [4.69, 9.17) is 0 Å². The van der Waals surface area contributed by atoms with Gasteiger partial charge in [-0.3, -0.25) is 9.67 Å². The van der Waals surface area contributed by atoms with Crippen LogP contribution in [0.15, 0.2) is 30.6 Å². The molecule has 7 heteroatoms. The molecule has 0 spiro atoms. The summed E-state index contributed by atoms with van der Waals surface area (Å²) in [5, 5.41) is 4.26. The number of hydrogen-bond donors (Lipinski definition) is 0. The van der Waals surface area contributed by atoms with Crippen LogP contribution in [0.5, 0.6) is 0 Å². The number of pyridine rings is 1. The summed E-state index contributed by atoms with van der Waals surface area (Å²) in [5.41, 5.74) is 3.08. The molecule has 1 fully saturated rings. The summed E-state index contributed by atoms with van der Waals surface area (Å²) in [6.07, 6.45) is 6.74. The molecular weight excluding hydrogens is 312 g/mol. The molecule has 0 bridgehead atoms. The van der Waals surface area contributed by atoms with Crippen LogP contribution in [0.2, 0.25) is 0 Å². The normalized spacial score (nSPS) is 19.3. The second kappa shape index (κ2) is 6.41. The van der Waals surface area contributed by atoms with Crippen LogP contribution in [0, 0.1) is 5.92 Å². The smallest absolute Gasteiger partial charge is 0.211 e. The van der Waals surface area contributed by atoms with Crippen LogP contribution < -0.4 is 0 Å². The van der Waals surface area contributed by atoms with Gasteiger partial charge in [0.25, 0.3) is 0 Å². The number of hydrogen-bond acceptors (Lipinski definition) is 4. The van der Waals surface area contributed by atoms with E-state index in [0.717, 1.165) is 36.3 Å². The molecule has 1 aliphatic rings. The lowest BCUT2D eigenvalue weighted by molar-refractivity contribution is 0.460. The maximum Gasteiger partial charge on any atom is 0.211 e. The van der Waals surface area contributed by atoms with Gasteiger partial charge < -0.3 is 0 Å². The highest BCUT2D eigenvalue weighted by molar-refractivity contribution is 7.88. The van der Waals surface area contributed by atoms with Crippen LogP contribution >= 0.6 is 0 Å². The van der Waals surface area contributed by atoms with E-state index < -0.39 is 10.0 Å². The number of sulfonamides is 1. The van der Waals surface area contributed by atoms with Crippen molar-refractivity contribution < 1.29 is 8.42 Å². The van der Waals surface area contributed by atoms with Crippen molar-refractivity contribution in [3.8, 4) is 11.4 Å². The van der Waals surface area contributed by atoms with E-state index in [1.807, 2.05) is 23.0 Å². The lowest BCUT2D eigenvalue weighted by Gasteiger charge is -2.13. The largest absolute Gasteiger partial charge is 0.264 e. The van der Waals surface area contributed by atoms with Crippen molar-refractivity contribution in [2.24, 2.45) is 5.92 Å². The number of aryl methyl sites for hydroxylation is 1. The second-order valence-corrected chi connectivity index (χ2v) is 8.05. The molecule has 2 aromatic rings. The molecule has 1 aliphatic heterocycles. The lowest BCUT2D eigenvalue weighted by atomic mass is 10.00. The molecule has 6 nitrogen and oxygen atoms in total. The Morgan fingerprint density at radius 3 is 2.74 bits per heavy atom. The Kier molecular flexibility index (Phi) is 4.50. The van der Waals surface area contributed by atoms with E-state index in [0.29, 0.717) is 19.0 Å². The first kappa shape index (κ1) is 16.1. The molecule has 1 atom stereocenters. The van der Waals surface area contributed by atoms with E-state index in [9.17, 15) is 8.42 Å². The van der Waals surface area contributed by atoms with Gasteiger partial charge in [0.15, 0.2) is 0 Å². The zero-order valence-electron chi connectivity index (χ0n) is 13.5. The van der Waals surface area contributed by atoms with Crippen molar-refractivity contribution >= 4 is 10.0 Å². The first-order valence-corrected chi connectivity index (χ1v) is 9.74. The second-order valence-electron chi connectivity index (χ2n) is 6.06. The number of rotatable bonds is 5. The molecule has 0 aromatic carbocycles. The quantitative estimate of drug-likeness (QED) is 0.836. The Hall–Kier alpha value is -1.73. The molecule has 0 aliphatic carbocycles. The first-order chi connectivity index (χ1) is 11.0. The average molecular weight is 334 g/mol. The molecule has 0 N–H and O–H groups in total.